The number of hydrogen-bond donors (Lipinski definition) is 2. The summed E-state index contributed by atoms with van der Waals surface area (Å²) in [5, 5.41) is 18.8. The molecule has 2 aromatic carbocycles. The molecule has 0 saturated heterocycles. The zero-order chi connectivity index (χ0) is 14.9. The molecule has 0 aliphatic carbocycles. The fourth-order valence-corrected chi connectivity index (χ4v) is 2.53. The highest BCUT2D eigenvalue weighted by Crippen LogP contribution is 2.29. The van der Waals surface area contributed by atoms with Gasteiger partial charge in [-0.2, -0.15) is 0 Å². The van der Waals surface area contributed by atoms with Crippen molar-refractivity contribution in [1.82, 2.24) is 0 Å². The lowest BCUT2D eigenvalue weighted by molar-refractivity contribution is -0.0421. The number of benzene rings is 2. The molecule has 4 nitrogen and oxygen atoms in total. The van der Waals surface area contributed by atoms with Crippen LogP contribution in [-0.4, -0.2) is 24.9 Å². The normalized spacial score (nSPS) is 11.8. The van der Waals surface area contributed by atoms with E-state index in [9.17, 15) is 23.0 Å². The summed E-state index contributed by atoms with van der Waals surface area (Å²) in [6.45, 7) is 0. The van der Waals surface area contributed by atoms with Crippen LogP contribution in [-0.2, 0) is 9.84 Å². The zero-order valence-electron chi connectivity index (χ0n) is 10.6. The smallest absolute Gasteiger partial charge is 0.179 e. The van der Waals surface area contributed by atoms with E-state index in [2.05, 4.69) is 0 Å². The lowest BCUT2D eigenvalue weighted by Crippen LogP contribution is -2.03. The van der Waals surface area contributed by atoms with Gasteiger partial charge in [-0.1, -0.05) is 18.2 Å². The van der Waals surface area contributed by atoms with E-state index in [0.717, 1.165) is 6.26 Å². The molecule has 0 spiro atoms. The first-order chi connectivity index (χ1) is 9.29. The van der Waals surface area contributed by atoms with Gasteiger partial charge in [0.15, 0.2) is 16.1 Å². The van der Waals surface area contributed by atoms with Crippen molar-refractivity contribution in [2.24, 2.45) is 0 Å². The highest BCUT2D eigenvalue weighted by atomic mass is 32.2. The Hall–Kier alpha value is -1.76. The van der Waals surface area contributed by atoms with E-state index in [1.807, 2.05) is 0 Å². The van der Waals surface area contributed by atoms with Crippen LogP contribution in [0.3, 0.4) is 0 Å². The molecule has 20 heavy (non-hydrogen) atoms. The van der Waals surface area contributed by atoms with E-state index in [0.29, 0.717) is 11.1 Å². The SMILES string of the molecule is CS(=O)(=O)c1ccc(-c2ccc(F)cc2)c(C(O)O)c1. The summed E-state index contributed by atoms with van der Waals surface area (Å²) in [6.07, 6.45) is -0.787. The lowest BCUT2D eigenvalue weighted by Gasteiger charge is -2.13. The number of hydrogen-bond acceptors (Lipinski definition) is 4. The molecule has 0 bridgehead atoms. The fraction of sp³-hybridized carbons (Fsp3) is 0.143. The molecular weight excluding hydrogens is 283 g/mol. The molecule has 2 N–H and O–H groups in total. The van der Waals surface area contributed by atoms with Gasteiger partial charge in [0.2, 0.25) is 0 Å². The van der Waals surface area contributed by atoms with Crippen LogP contribution in [0.5, 0.6) is 0 Å². The van der Waals surface area contributed by atoms with Crippen LogP contribution >= 0.6 is 0 Å². The van der Waals surface area contributed by atoms with Gasteiger partial charge in [-0.25, -0.2) is 12.8 Å². The van der Waals surface area contributed by atoms with Crippen LogP contribution < -0.4 is 0 Å². The first-order valence-electron chi connectivity index (χ1n) is 5.75. The number of rotatable bonds is 3. The van der Waals surface area contributed by atoms with Crippen LogP contribution in [0.4, 0.5) is 4.39 Å². The summed E-state index contributed by atoms with van der Waals surface area (Å²) in [5.41, 5.74) is 1.06. The minimum atomic E-state index is -3.45. The van der Waals surface area contributed by atoms with Gasteiger partial charge >= 0.3 is 0 Å². The van der Waals surface area contributed by atoms with E-state index >= 15 is 0 Å². The second-order valence-corrected chi connectivity index (χ2v) is 6.42. The maximum atomic E-state index is 12.9. The Morgan fingerprint density at radius 2 is 1.65 bits per heavy atom. The van der Waals surface area contributed by atoms with Crippen molar-refractivity contribution in [1.29, 1.82) is 0 Å². The highest BCUT2D eigenvalue weighted by molar-refractivity contribution is 7.90. The second-order valence-electron chi connectivity index (χ2n) is 4.40. The lowest BCUT2D eigenvalue weighted by atomic mass is 9.99. The fourth-order valence-electron chi connectivity index (χ4n) is 1.88. The van der Waals surface area contributed by atoms with Gasteiger partial charge in [0.25, 0.3) is 0 Å². The minimum absolute atomic E-state index is 0.00791. The largest absolute Gasteiger partial charge is 0.364 e. The molecule has 0 amide bonds. The van der Waals surface area contributed by atoms with Crippen molar-refractivity contribution in [2.45, 2.75) is 11.2 Å². The number of halogens is 1. The molecule has 0 radical (unpaired) electrons. The standard InChI is InChI=1S/C14H13FO4S/c1-20(18,19)11-6-7-12(13(8-11)14(16)17)9-2-4-10(15)5-3-9/h2-8,14,16-17H,1H3. The van der Waals surface area contributed by atoms with Crippen molar-refractivity contribution in [3.63, 3.8) is 0 Å². The first-order valence-corrected chi connectivity index (χ1v) is 7.64. The zero-order valence-corrected chi connectivity index (χ0v) is 11.4. The third-order valence-electron chi connectivity index (χ3n) is 2.88. The predicted molar refractivity (Wildman–Crippen MR) is 72.1 cm³/mol. The van der Waals surface area contributed by atoms with Crippen LogP contribution in [0.2, 0.25) is 0 Å². The average molecular weight is 296 g/mol. The Morgan fingerprint density at radius 1 is 1.05 bits per heavy atom. The van der Waals surface area contributed by atoms with Crippen molar-refractivity contribution < 1.29 is 23.0 Å². The molecule has 0 unspecified atom stereocenters. The molecule has 0 fully saturated rings. The van der Waals surface area contributed by atoms with Gasteiger partial charge in [0.1, 0.15) is 5.82 Å². The summed E-state index contributed by atoms with van der Waals surface area (Å²) < 4.78 is 35.9. The van der Waals surface area contributed by atoms with E-state index in [-0.39, 0.29) is 10.5 Å². The van der Waals surface area contributed by atoms with E-state index in [1.165, 1.54) is 42.5 Å². The molecule has 0 heterocycles. The molecule has 0 aliphatic heterocycles. The summed E-state index contributed by atoms with van der Waals surface area (Å²) >= 11 is 0. The Bertz CT molecular complexity index is 721. The summed E-state index contributed by atoms with van der Waals surface area (Å²) in [6, 6.07) is 9.50. The molecule has 2 aromatic rings. The van der Waals surface area contributed by atoms with E-state index in [1.54, 1.807) is 0 Å². The molecule has 2 rings (SSSR count). The van der Waals surface area contributed by atoms with Gasteiger partial charge in [-0.15, -0.1) is 0 Å². The van der Waals surface area contributed by atoms with Gasteiger partial charge in [0.05, 0.1) is 4.90 Å². The quantitative estimate of drug-likeness (QED) is 0.848. The average Bonchev–Trinajstić information content (AvgIpc) is 2.38. The first kappa shape index (κ1) is 14.6. The predicted octanol–water partition coefficient (Wildman–Crippen LogP) is 1.88. The third-order valence-corrected chi connectivity index (χ3v) is 3.99. The Kier molecular flexibility index (Phi) is 3.89. The van der Waals surface area contributed by atoms with Crippen LogP contribution in [0.1, 0.15) is 11.9 Å². The van der Waals surface area contributed by atoms with Crippen LogP contribution in [0.15, 0.2) is 47.4 Å². The Morgan fingerprint density at radius 3 is 2.15 bits per heavy atom. The topological polar surface area (TPSA) is 74.6 Å². The number of sulfone groups is 1. The van der Waals surface area contributed by atoms with Gasteiger partial charge in [0, 0.05) is 11.8 Å². The molecule has 0 aromatic heterocycles. The van der Waals surface area contributed by atoms with Crippen LogP contribution in [0.25, 0.3) is 11.1 Å². The summed E-state index contributed by atoms with van der Waals surface area (Å²) in [5.74, 6) is -0.410. The van der Waals surface area contributed by atoms with E-state index < -0.39 is 21.9 Å². The minimum Gasteiger partial charge on any atom is -0.364 e. The third kappa shape index (κ3) is 3.04. The summed E-state index contributed by atoms with van der Waals surface area (Å²) in [4.78, 5) is -0.00791. The molecule has 0 aliphatic rings. The second kappa shape index (κ2) is 5.32. The highest BCUT2D eigenvalue weighted by Gasteiger charge is 2.16. The van der Waals surface area contributed by atoms with Gasteiger partial charge < -0.3 is 10.2 Å². The summed E-state index contributed by atoms with van der Waals surface area (Å²) in [7, 11) is -3.45. The number of aliphatic hydroxyl groups is 2. The Labute approximate surface area is 116 Å². The Balaban J connectivity index is 2.62. The molecular formula is C14H13FO4S. The van der Waals surface area contributed by atoms with Gasteiger partial charge in [-0.05, 0) is 35.4 Å². The van der Waals surface area contributed by atoms with Gasteiger partial charge in [-0.3, -0.25) is 0 Å². The maximum absolute atomic E-state index is 12.9. The molecule has 0 saturated carbocycles. The molecule has 0 atom stereocenters. The molecule has 106 valence electrons. The van der Waals surface area contributed by atoms with Crippen LogP contribution in [0, 0.1) is 5.82 Å². The van der Waals surface area contributed by atoms with Crippen molar-refractivity contribution >= 4 is 9.84 Å². The monoisotopic (exact) mass is 296 g/mol. The number of aliphatic hydroxyl groups excluding tert-OH is 1. The van der Waals surface area contributed by atoms with Crippen molar-refractivity contribution in [2.75, 3.05) is 6.26 Å². The molecule has 6 heteroatoms. The maximum Gasteiger partial charge on any atom is 0.179 e. The van der Waals surface area contributed by atoms with Crippen molar-refractivity contribution in [3.05, 3.63) is 53.8 Å². The van der Waals surface area contributed by atoms with E-state index in [4.69, 9.17) is 0 Å². The van der Waals surface area contributed by atoms with Crippen molar-refractivity contribution in [3.8, 4) is 11.1 Å².